The number of methoxy groups -OCH3 is 1. The van der Waals surface area contributed by atoms with Gasteiger partial charge >= 0.3 is 6.03 Å². The average molecular weight is 357 g/mol. The largest absolute Gasteiger partial charge is 0.497 e. The zero-order valence-corrected chi connectivity index (χ0v) is 15.0. The topological polar surface area (TPSA) is 71.1 Å². The molecule has 0 aliphatic carbocycles. The molecule has 0 unspecified atom stereocenters. The minimum absolute atomic E-state index is 0.0323. The monoisotopic (exact) mass is 357 g/mol. The van der Waals surface area contributed by atoms with Gasteiger partial charge in [0, 0.05) is 20.2 Å². The van der Waals surface area contributed by atoms with E-state index < -0.39 is 6.04 Å². The molecule has 26 heavy (non-hydrogen) atoms. The second kappa shape index (κ2) is 6.64. The molecule has 3 heterocycles. The van der Waals surface area contributed by atoms with Gasteiger partial charge in [-0.1, -0.05) is 12.1 Å². The van der Waals surface area contributed by atoms with E-state index >= 15 is 0 Å². The molecule has 4 rings (SSSR count). The van der Waals surface area contributed by atoms with Crippen LogP contribution in [-0.4, -0.2) is 61.7 Å². The third kappa shape index (κ3) is 2.82. The van der Waals surface area contributed by atoms with Gasteiger partial charge in [0.2, 0.25) is 0 Å². The third-order valence-corrected chi connectivity index (χ3v) is 5.31. The van der Waals surface area contributed by atoms with Crippen molar-refractivity contribution in [3.8, 4) is 5.75 Å². The third-order valence-electron chi connectivity index (χ3n) is 5.31. The van der Waals surface area contributed by atoms with Gasteiger partial charge in [0.1, 0.15) is 5.75 Å². The maximum Gasteiger partial charge on any atom is 0.322 e. The Morgan fingerprint density at radius 3 is 2.92 bits per heavy atom. The highest BCUT2D eigenvalue weighted by Crippen LogP contribution is 2.36. The van der Waals surface area contributed by atoms with Crippen molar-refractivity contribution in [2.45, 2.75) is 25.0 Å². The van der Waals surface area contributed by atoms with Gasteiger partial charge in [0.25, 0.3) is 5.91 Å². The van der Waals surface area contributed by atoms with Crippen LogP contribution < -0.4 is 10.1 Å². The maximum absolute atomic E-state index is 13.1. The smallest absolute Gasteiger partial charge is 0.322 e. The summed E-state index contributed by atoms with van der Waals surface area (Å²) in [5.74, 6) is 0.662. The molecule has 3 aliphatic heterocycles. The Bertz CT molecular complexity index is 770. The van der Waals surface area contributed by atoms with Crippen molar-refractivity contribution >= 4 is 11.9 Å². The molecule has 1 saturated heterocycles. The van der Waals surface area contributed by atoms with E-state index in [1.54, 1.807) is 24.0 Å². The summed E-state index contributed by atoms with van der Waals surface area (Å²) in [7, 11) is 3.30. The lowest BCUT2D eigenvalue weighted by molar-refractivity contribution is -0.127. The van der Waals surface area contributed by atoms with Crippen molar-refractivity contribution in [1.29, 1.82) is 0 Å². The van der Waals surface area contributed by atoms with Crippen LogP contribution in [0, 0.1) is 0 Å². The minimum atomic E-state index is -0.467. The summed E-state index contributed by atoms with van der Waals surface area (Å²) in [6, 6.07) is 6.79. The van der Waals surface area contributed by atoms with Crippen LogP contribution in [-0.2, 0) is 9.53 Å². The van der Waals surface area contributed by atoms with Crippen LogP contribution in [0.25, 0.3) is 0 Å². The van der Waals surface area contributed by atoms with Crippen molar-refractivity contribution in [1.82, 2.24) is 15.1 Å². The fourth-order valence-corrected chi connectivity index (χ4v) is 3.88. The first-order valence-corrected chi connectivity index (χ1v) is 8.90. The lowest BCUT2D eigenvalue weighted by Gasteiger charge is -2.31. The van der Waals surface area contributed by atoms with Gasteiger partial charge in [-0.25, -0.2) is 4.79 Å². The highest BCUT2D eigenvalue weighted by Gasteiger charge is 2.43. The van der Waals surface area contributed by atoms with Gasteiger partial charge in [-0.3, -0.25) is 9.69 Å². The van der Waals surface area contributed by atoms with Gasteiger partial charge in [0.05, 0.1) is 37.1 Å². The van der Waals surface area contributed by atoms with Crippen LogP contribution in [0.4, 0.5) is 4.79 Å². The second-order valence-electron chi connectivity index (χ2n) is 6.90. The molecular formula is C19H23N3O4. The number of nitrogens with zero attached hydrogens (tertiary/aromatic N) is 2. The molecule has 2 atom stereocenters. The van der Waals surface area contributed by atoms with E-state index in [1.165, 1.54) is 0 Å². The fraction of sp³-hybridized carbons (Fsp3) is 0.474. The first-order valence-electron chi connectivity index (χ1n) is 8.90. The van der Waals surface area contributed by atoms with Crippen LogP contribution in [0.15, 0.2) is 35.5 Å². The molecule has 1 N–H and O–H groups in total. The second-order valence-corrected chi connectivity index (χ2v) is 6.90. The molecule has 0 saturated carbocycles. The molecule has 0 aromatic heterocycles. The van der Waals surface area contributed by atoms with Crippen LogP contribution in [0.1, 0.15) is 24.4 Å². The summed E-state index contributed by atoms with van der Waals surface area (Å²) in [6.45, 7) is 1.77. The summed E-state index contributed by atoms with van der Waals surface area (Å²) >= 11 is 0. The Morgan fingerprint density at radius 2 is 2.19 bits per heavy atom. The Kier molecular flexibility index (Phi) is 4.32. The van der Waals surface area contributed by atoms with Crippen molar-refractivity contribution < 1.29 is 19.1 Å². The van der Waals surface area contributed by atoms with E-state index in [0.29, 0.717) is 24.4 Å². The number of ether oxygens (including phenoxy) is 2. The van der Waals surface area contributed by atoms with Gasteiger partial charge < -0.3 is 19.7 Å². The normalized spacial score (nSPS) is 25.6. The molecule has 1 aromatic carbocycles. The van der Waals surface area contributed by atoms with Gasteiger partial charge in [0.15, 0.2) is 0 Å². The van der Waals surface area contributed by atoms with Gasteiger partial charge in [-0.2, -0.15) is 0 Å². The van der Waals surface area contributed by atoms with E-state index in [4.69, 9.17) is 9.47 Å². The first kappa shape index (κ1) is 16.9. The SMILES string of the molecule is COc1cccc([C@@H]2NC(=O)N(C)C3=C2C(=O)N(C[C@H]2CCCO2)C3)c1. The predicted octanol–water partition coefficient (Wildman–Crippen LogP) is 1.67. The number of carbonyl (C=O) groups is 2. The van der Waals surface area contributed by atoms with Gasteiger partial charge in [-0.15, -0.1) is 0 Å². The van der Waals surface area contributed by atoms with Crippen molar-refractivity contribution in [3.63, 3.8) is 0 Å². The van der Waals surface area contributed by atoms with E-state index in [-0.39, 0.29) is 18.0 Å². The number of nitrogens with one attached hydrogen (secondary N) is 1. The lowest BCUT2D eigenvalue weighted by Crippen LogP contribution is -2.45. The summed E-state index contributed by atoms with van der Waals surface area (Å²) in [5.41, 5.74) is 2.24. The standard InChI is InChI=1S/C19H23N3O4/c1-21-15-11-22(10-14-7-4-8-26-14)18(23)16(15)17(20-19(21)24)12-5-3-6-13(9-12)25-2/h3,5-6,9,14,17H,4,7-8,10-11H2,1-2H3,(H,20,24)/t14-,17+/m1/s1. The molecule has 1 aromatic rings. The van der Waals surface area contributed by atoms with Crippen LogP contribution in [0.2, 0.25) is 0 Å². The number of hydrogen-bond acceptors (Lipinski definition) is 4. The Hall–Kier alpha value is -2.54. The number of carbonyl (C=O) groups excluding carboxylic acids is 2. The van der Waals surface area contributed by atoms with E-state index in [9.17, 15) is 9.59 Å². The molecular weight excluding hydrogens is 334 g/mol. The minimum Gasteiger partial charge on any atom is -0.497 e. The number of amides is 3. The summed E-state index contributed by atoms with van der Waals surface area (Å²) in [5, 5.41) is 2.94. The number of rotatable bonds is 4. The number of likely N-dealkylation sites (N-methyl/N-ethyl adjacent to an activating group) is 1. The zero-order valence-electron chi connectivity index (χ0n) is 15.0. The van der Waals surface area contributed by atoms with Crippen LogP contribution in [0.3, 0.4) is 0 Å². The molecule has 1 fully saturated rings. The first-order chi connectivity index (χ1) is 12.6. The Labute approximate surface area is 152 Å². The summed E-state index contributed by atoms with van der Waals surface area (Å²) < 4.78 is 11.0. The maximum atomic E-state index is 13.1. The van der Waals surface area contributed by atoms with Crippen molar-refractivity contribution in [3.05, 3.63) is 41.1 Å². The summed E-state index contributed by atoms with van der Waals surface area (Å²) in [6.07, 6.45) is 2.09. The number of benzene rings is 1. The molecule has 3 aliphatic rings. The number of hydrogen-bond donors (Lipinski definition) is 1. The zero-order chi connectivity index (χ0) is 18.3. The molecule has 0 radical (unpaired) electrons. The van der Waals surface area contributed by atoms with E-state index in [2.05, 4.69) is 5.32 Å². The van der Waals surface area contributed by atoms with Crippen LogP contribution in [0.5, 0.6) is 5.75 Å². The van der Waals surface area contributed by atoms with Crippen molar-refractivity contribution in [2.24, 2.45) is 0 Å². The van der Waals surface area contributed by atoms with E-state index in [0.717, 1.165) is 30.7 Å². The molecule has 7 heteroatoms. The summed E-state index contributed by atoms with van der Waals surface area (Å²) in [4.78, 5) is 28.9. The van der Waals surface area contributed by atoms with Crippen molar-refractivity contribution in [2.75, 3.05) is 33.9 Å². The highest BCUT2D eigenvalue weighted by atomic mass is 16.5. The fourth-order valence-electron chi connectivity index (χ4n) is 3.88. The molecule has 138 valence electrons. The highest BCUT2D eigenvalue weighted by molar-refractivity contribution is 6.01. The average Bonchev–Trinajstić information content (AvgIpc) is 3.27. The Morgan fingerprint density at radius 1 is 1.35 bits per heavy atom. The Balaban J connectivity index is 1.65. The van der Waals surface area contributed by atoms with E-state index in [1.807, 2.05) is 24.3 Å². The quantitative estimate of drug-likeness (QED) is 0.890. The van der Waals surface area contributed by atoms with Crippen LogP contribution >= 0.6 is 0 Å². The lowest BCUT2D eigenvalue weighted by atomic mass is 9.95. The molecule has 0 spiro atoms. The van der Waals surface area contributed by atoms with Gasteiger partial charge in [-0.05, 0) is 30.5 Å². The predicted molar refractivity (Wildman–Crippen MR) is 94.6 cm³/mol. The molecule has 0 bridgehead atoms. The molecule has 7 nitrogen and oxygen atoms in total. The number of urea groups is 1. The molecule has 3 amide bonds.